The van der Waals surface area contributed by atoms with Crippen molar-refractivity contribution in [1.82, 2.24) is 14.8 Å². The van der Waals surface area contributed by atoms with Gasteiger partial charge >= 0.3 is 5.97 Å². The lowest BCUT2D eigenvalue weighted by atomic mass is 10.2. The van der Waals surface area contributed by atoms with Gasteiger partial charge in [0.2, 0.25) is 0 Å². The molecule has 1 N–H and O–H groups in total. The Hall–Kier alpha value is -3.46. The van der Waals surface area contributed by atoms with Crippen LogP contribution in [0.3, 0.4) is 0 Å². The lowest BCUT2D eigenvalue weighted by Gasteiger charge is -2.12. The first kappa shape index (κ1) is 26.6. The van der Waals surface area contributed by atoms with Crippen LogP contribution in [0.15, 0.2) is 76.8 Å². The summed E-state index contributed by atoms with van der Waals surface area (Å²) in [7, 11) is 1.53. The second-order valence-corrected chi connectivity index (χ2v) is 9.68. The van der Waals surface area contributed by atoms with E-state index in [0.29, 0.717) is 51.2 Å². The predicted molar refractivity (Wildman–Crippen MR) is 146 cm³/mol. The number of halogens is 2. The smallest absolute Gasteiger partial charge is 0.342 e. The molecule has 0 amide bonds. The lowest BCUT2D eigenvalue weighted by molar-refractivity contribution is -0.131. The lowest BCUT2D eigenvalue weighted by Crippen LogP contribution is -2.03. The van der Waals surface area contributed by atoms with Crippen LogP contribution in [0.5, 0.6) is 11.5 Å². The van der Waals surface area contributed by atoms with Crippen LogP contribution in [0.4, 0.5) is 0 Å². The van der Waals surface area contributed by atoms with Crippen molar-refractivity contribution in [2.24, 2.45) is 0 Å². The largest absolute Gasteiger partial charge is 0.493 e. The summed E-state index contributed by atoms with van der Waals surface area (Å²) >= 11 is 13.0. The molecule has 0 bridgehead atoms. The van der Waals surface area contributed by atoms with Gasteiger partial charge in [0.1, 0.15) is 11.5 Å². The molecule has 37 heavy (non-hydrogen) atoms. The minimum Gasteiger partial charge on any atom is -0.493 e. The van der Waals surface area contributed by atoms with E-state index in [0.717, 1.165) is 22.9 Å². The molecule has 1 heterocycles. The summed E-state index contributed by atoms with van der Waals surface area (Å²) in [5.41, 5.74) is 2.43. The average Bonchev–Trinajstić information content (AvgIpc) is 3.31. The standard InChI is InChI=1S/C27H23Cl2N3O4S/c1-3-32-25(19-7-11-21(29)12-8-19)30-31-27(32)37-24(26(33)34)15-18-6-13-22(23(14-18)35-2)36-16-17-4-9-20(28)10-5-17/h4-15H,3,16H2,1-2H3,(H,33,34)/b24-15-. The third kappa shape index (κ3) is 6.65. The summed E-state index contributed by atoms with van der Waals surface area (Å²) in [5, 5.41) is 20.2. The Bertz CT molecular complexity index is 1420. The minimum atomic E-state index is -1.08. The van der Waals surface area contributed by atoms with Crippen LogP contribution in [-0.2, 0) is 17.9 Å². The third-order valence-electron chi connectivity index (χ3n) is 5.34. The van der Waals surface area contributed by atoms with E-state index < -0.39 is 5.97 Å². The fourth-order valence-corrected chi connectivity index (χ4v) is 4.62. The van der Waals surface area contributed by atoms with Crippen molar-refractivity contribution < 1.29 is 19.4 Å². The summed E-state index contributed by atoms with van der Waals surface area (Å²) in [6.45, 7) is 2.85. The molecule has 0 atom stereocenters. The van der Waals surface area contributed by atoms with E-state index in [-0.39, 0.29) is 4.91 Å². The highest BCUT2D eigenvalue weighted by Crippen LogP contribution is 2.33. The van der Waals surface area contributed by atoms with Gasteiger partial charge in [0.25, 0.3) is 0 Å². The summed E-state index contributed by atoms with van der Waals surface area (Å²) in [6, 6.07) is 19.9. The summed E-state index contributed by atoms with van der Waals surface area (Å²) in [4.78, 5) is 12.2. The number of carboxylic acids is 1. The monoisotopic (exact) mass is 555 g/mol. The van der Waals surface area contributed by atoms with Gasteiger partial charge in [0.05, 0.1) is 7.11 Å². The molecule has 0 aliphatic rings. The zero-order valence-corrected chi connectivity index (χ0v) is 22.3. The molecule has 1 aromatic heterocycles. The Morgan fingerprint density at radius 2 is 1.68 bits per heavy atom. The van der Waals surface area contributed by atoms with Crippen LogP contribution < -0.4 is 9.47 Å². The molecular weight excluding hydrogens is 533 g/mol. The van der Waals surface area contributed by atoms with E-state index in [1.54, 1.807) is 48.5 Å². The van der Waals surface area contributed by atoms with Gasteiger partial charge in [-0.25, -0.2) is 4.79 Å². The van der Waals surface area contributed by atoms with E-state index in [2.05, 4.69) is 10.2 Å². The molecule has 0 fully saturated rings. The number of aromatic nitrogens is 3. The Kier molecular flexibility index (Phi) is 8.76. The second kappa shape index (κ2) is 12.2. The molecule has 10 heteroatoms. The van der Waals surface area contributed by atoms with Crippen molar-refractivity contribution in [2.75, 3.05) is 7.11 Å². The maximum atomic E-state index is 12.1. The highest BCUT2D eigenvalue weighted by Gasteiger charge is 2.18. The Balaban J connectivity index is 1.56. The Labute approximate surface area is 228 Å². The first-order valence-electron chi connectivity index (χ1n) is 11.2. The highest BCUT2D eigenvalue weighted by molar-refractivity contribution is 8.04. The topological polar surface area (TPSA) is 86.5 Å². The van der Waals surface area contributed by atoms with Crippen LogP contribution in [0.1, 0.15) is 18.1 Å². The molecule has 0 saturated carbocycles. The maximum absolute atomic E-state index is 12.1. The zero-order valence-electron chi connectivity index (χ0n) is 20.0. The van der Waals surface area contributed by atoms with E-state index in [1.165, 1.54) is 7.11 Å². The van der Waals surface area contributed by atoms with Crippen LogP contribution in [0.2, 0.25) is 10.0 Å². The Morgan fingerprint density at radius 3 is 2.30 bits per heavy atom. The number of ether oxygens (including phenoxy) is 2. The molecule has 190 valence electrons. The van der Waals surface area contributed by atoms with Gasteiger partial charge in [-0.05, 0) is 84.4 Å². The number of rotatable bonds is 10. The van der Waals surface area contributed by atoms with Gasteiger partial charge in [0, 0.05) is 22.2 Å². The summed E-state index contributed by atoms with van der Waals surface area (Å²) in [5.74, 6) is 0.581. The van der Waals surface area contributed by atoms with E-state index >= 15 is 0 Å². The minimum absolute atomic E-state index is 0.0849. The van der Waals surface area contributed by atoms with Crippen LogP contribution >= 0.6 is 35.0 Å². The van der Waals surface area contributed by atoms with Gasteiger partial charge in [-0.15, -0.1) is 10.2 Å². The molecule has 0 spiro atoms. The number of aliphatic carboxylic acids is 1. The van der Waals surface area contributed by atoms with Crippen molar-refractivity contribution in [3.05, 3.63) is 92.8 Å². The summed E-state index contributed by atoms with van der Waals surface area (Å²) < 4.78 is 13.2. The maximum Gasteiger partial charge on any atom is 0.342 e. The van der Waals surface area contributed by atoms with Gasteiger partial charge in [0.15, 0.2) is 22.5 Å². The molecule has 3 aromatic carbocycles. The molecule has 0 saturated heterocycles. The first-order chi connectivity index (χ1) is 17.9. The van der Waals surface area contributed by atoms with Crippen molar-refractivity contribution in [1.29, 1.82) is 0 Å². The van der Waals surface area contributed by atoms with E-state index in [4.69, 9.17) is 32.7 Å². The van der Waals surface area contributed by atoms with E-state index in [9.17, 15) is 9.90 Å². The molecule has 0 unspecified atom stereocenters. The van der Waals surface area contributed by atoms with Gasteiger partial charge in [-0.1, -0.05) is 41.4 Å². The van der Waals surface area contributed by atoms with Crippen molar-refractivity contribution in [3.8, 4) is 22.9 Å². The highest BCUT2D eigenvalue weighted by atomic mass is 35.5. The number of carbonyl (C=O) groups is 1. The second-order valence-electron chi connectivity index (χ2n) is 7.80. The van der Waals surface area contributed by atoms with Gasteiger partial charge in [-0.3, -0.25) is 0 Å². The summed E-state index contributed by atoms with van der Waals surface area (Å²) in [6.07, 6.45) is 1.56. The molecular formula is C27H23Cl2N3O4S. The predicted octanol–water partition coefficient (Wildman–Crippen LogP) is 7.08. The number of nitrogens with zero attached hydrogens (tertiary/aromatic N) is 3. The van der Waals surface area contributed by atoms with Gasteiger partial charge < -0.3 is 19.1 Å². The molecule has 4 rings (SSSR count). The van der Waals surface area contributed by atoms with Crippen molar-refractivity contribution in [2.45, 2.75) is 25.2 Å². The fourth-order valence-electron chi connectivity index (χ4n) is 3.48. The van der Waals surface area contributed by atoms with Crippen LogP contribution in [0, 0.1) is 0 Å². The quantitative estimate of drug-likeness (QED) is 0.165. The molecule has 4 aromatic rings. The van der Waals surface area contributed by atoms with Crippen molar-refractivity contribution >= 4 is 47.0 Å². The zero-order chi connectivity index (χ0) is 26.4. The first-order valence-corrected chi connectivity index (χ1v) is 12.8. The normalized spacial score (nSPS) is 11.4. The van der Waals surface area contributed by atoms with E-state index in [1.807, 2.05) is 35.8 Å². The molecule has 0 aliphatic carbocycles. The number of hydrogen-bond donors (Lipinski definition) is 1. The molecule has 7 nitrogen and oxygen atoms in total. The average molecular weight is 556 g/mol. The fraction of sp³-hybridized carbons (Fsp3) is 0.148. The third-order valence-corrected chi connectivity index (χ3v) is 6.84. The number of benzene rings is 3. The number of carboxylic acid groups (broad SMARTS) is 1. The van der Waals surface area contributed by atoms with Gasteiger partial charge in [-0.2, -0.15) is 0 Å². The Morgan fingerprint density at radius 1 is 1.00 bits per heavy atom. The van der Waals surface area contributed by atoms with Crippen LogP contribution in [-0.4, -0.2) is 33.0 Å². The van der Waals surface area contributed by atoms with Crippen molar-refractivity contribution in [3.63, 3.8) is 0 Å². The number of methoxy groups -OCH3 is 1. The molecule has 0 radical (unpaired) electrons. The number of hydrogen-bond acceptors (Lipinski definition) is 6. The SMILES string of the molecule is CCn1c(S/C(=C\c2ccc(OCc3ccc(Cl)cc3)c(OC)c2)C(=O)O)nnc1-c1ccc(Cl)cc1. The molecule has 0 aliphatic heterocycles. The number of thioether (sulfide) groups is 1. The van der Waals surface area contributed by atoms with Crippen LogP contribution in [0.25, 0.3) is 17.5 Å².